The van der Waals surface area contributed by atoms with Gasteiger partial charge in [-0.1, -0.05) is 61.5 Å². The minimum Gasteiger partial charge on any atom is -0.411 e. The zero-order valence-electron chi connectivity index (χ0n) is 26.3. The molecule has 2 aromatic carbocycles. The standard InChI is InChI=1S/C31H40N6O8S2/c1-21(2)28(37-14-13-36(30(37)39)17-24-19-46-27(34-24)18-45-3)29(38)35-26(15-22-7-5-4-6-8-22)31(40,41)20-33-47(43,44)25-11-9-23(10-12-25)16-32-42/h4-12,16,19,21,26,28,33,40-42H,13-15,17-18,20H2,1-3H3,(H,35,38)/b32-16+/t26-,28-/m0/s1. The maximum Gasteiger partial charge on any atom is 0.321 e. The van der Waals surface area contributed by atoms with Crippen LogP contribution in [0.5, 0.6) is 0 Å². The Bertz CT molecular complexity index is 1630. The number of methoxy groups -OCH3 is 1. The third kappa shape index (κ3) is 9.33. The summed E-state index contributed by atoms with van der Waals surface area (Å²) in [7, 11) is -2.62. The van der Waals surface area contributed by atoms with E-state index >= 15 is 0 Å². The molecule has 3 amide bonds. The van der Waals surface area contributed by atoms with Crippen molar-refractivity contribution in [1.29, 1.82) is 0 Å². The topological polar surface area (TPSA) is 194 Å². The molecule has 1 aliphatic rings. The molecule has 47 heavy (non-hydrogen) atoms. The molecule has 0 aliphatic carbocycles. The monoisotopic (exact) mass is 688 g/mol. The molecule has 254 valence electrons. The van der Waals surface area contributed by atoms with Gasteiger partial charge in [0.15, 0.2) is 5.79 Å². The molecule has 3 aromatic rings. The fourth-order valence-electron chi connectivity index (χ4n) is 5.26. The number of sulfonamides is 1. The zero-order chi connectivity index (χ0) is 34.2. The Labute approximate surface area is 277 Å². The summed E-state index contributed by atoms with van der Waals surface area (Å²) in [5.41, 5.74) is 1.83. The average Bonchev–Trinajstić information content (AvgIpc) is 3.63. The van der Waals surface area contributed by atoms with Crippen LogP contribution in [-0.4, -0.2) is 101 Å². The molecule has 16 heteroatoms. The Morgan fingerprint density at radius 3 is 2.49 bits per heavy atom. The van der Waals surface area contributed by atoms with Crippen LogP contribution in [0.3, 0.4) is 0 Å². The molecule has 1 saturated heterocycles. The summed E-state index contributed by atoms with van der Waals surface area (Å²) in [5.74, 6) is -3.69. The van der Waals surface area contributed by atoms with E-state index in [1.54, 1.807) is 56.2 Å². The van der Waals surface area contributed by atoms with Gasteiger partial charge in [-0.25, -0.2) is 22.9 Å². The van der Waals surface area contributed by atoms with Crippen LogP contribution in [0.2, 0.25) is 0 Å². The highest BCUT2D eigenvalue weighted by molar-refractivity contribution is 7.89. The number of hydrogen-bond acceptors (Lipinski definition) is 11. The normalized spacial score (nSPS) is 15.5. The van der Waals surface area contributed by atoms with Gasteiger partial charge < -0.3 is 35.3 Å². The van der Waals surface area contributed by atoms with Crippen molar-refractivity contribution in [3.63, 3.8) is 0 Å². The van der Waals surface area contributed by atoms with Crippen molar-refractivity contribution in [3.8, 4) is 0 Å². The van der Waals surface area contributed by atoms with Crippen molar-refractivity contribution in [2.24, 2.45) is 11.1 Å². The highest BCUT2D eigenvalue weighted by Gasteiger charge is 2.43. The van der Waals surface area contributed by atoms with Crippen LogP contribution in [0.4, 0.5) is 4.79 Å². The lowest BCUT2D eigenvalue weighted by Gasteiger charge is -2.36. The van der Waals surface area contributed by atoms with E-state index in [4.69, 9.17) is 9.94 Å². The second-order valence-electron chi connectivity index (χ2n) is 11.5. The number of aliphatic hydroxyl groups is 2. The van der Waals surface area contributed by atoms with Crippen LogP contribution in [0.25, 0.3) is 0 Å². The molecular formula is C31H40N6O8S2. The molecule has 0 spiro atoms. The first-order valence-electron chi connectivity index (χ1n) is 14.9. The van der Waals surface area contributed by atoms with Crippen LogP contribution in [0.1, 0.15) is 35.7 Å². The number of rotatable bonds is 16. The Kier molecular flexibility index (Phi) is 12.1. The molecule has 1 aliphatic heterocycles. The first-order valence-corrected chi connectivity index (χ1v) is 17.2. The molecule has 4 rings (SSSR count). The lowest BCUT2D eigenvalue weighted by atomic mass is 9.96. The number of benzene rings is 2. The van der Waals surface area contributed by atoms with Gasteiger partial charge in [0.05, 0.1) is 42.5 Å². The van der Waals surface area contributed by atoms with Crippen molar-refractivity contribution in [2.75, 3.05) is 26.7 Å². The third-order valence-electron chi connectivity index (χ3n) is 7.66. The number of carbonyl (C=O) groups is 2. The van der Waals surface area contributed by atoms with E-state index in [0.717, 1.165) is 11.2 Å². The van der Waals surface area contributed by atoms with Gasteiger partial charge in [0.2, 0.25) is 15.9 Å². The minimum absolute atomic E-state index is 0.0466. The maximum atomic E-state index is 13.9. The van der Waals surface area contributed by atoms with E-state index < -0.39 is 40.3 Å². The molecule has 14 nitrogen and oxygen atoms in total. The summed E-state index contributed by atoms with van der Waals surface area (Å²) in [5, 5.41) is 39.5. The molecule has 2 heterocycles. The van der Waals surface area contributed by atoms with Crippen molar-refractivity contribution in [1.82, 2.24) is 24.8 Å². The minimum atomic E-state index is -4.20. The van der Waals surface area contributed by atoms with Gasteiger partial charge in [-0.15, -0.1) is 11.3 Å². The van der Waals surface area contributed by atoms with E-state index in [2.05, 4.69) is 20.2 Å². The van der Waals surface area contributed by atoms with E-state index in [1.807, 2.05) is 5.38 Å². The predicted molar refractivity (Wildman–Crippen MR) is 174 cm³/mol. The Morgan fingerprint density at radius 1 is 1.15 bits per heavy atom. The van der Waals surface area contributed by atoms with E-state index in [1.165, 1.54) is 40.5 Å². The second-order valence-corrected chi connectivity index (χ2v) is 14.2. The van der Waals surface area contributed by atoms with Crippen LogP contribution >= 0.6 is 11.3 Å². The van der Waals surface area contributed by atoms with Gasteiger partial charge >= 0.3 is 6.03 Å². The fourth-order valence-corrected chi connectivity index (χ4v) is 7.08. The number of urea groups is 1. The number of carbonyl (C=O) groups excluding carboxylic acids is 2. The van der Waals surface area contributed by atoms with E-state index in [-0.39, 0.29) is 36.4 Å². The molecular weight excluding hydrogens is 649 g/mol. The number of oxime groups is 1. The SMILES string of the molecule is COCc1nc(CN2CCN([C@H](C(=O)N[C@@H](Cc3ccccc3)C(O)(O)CNS(=O)(=O)c3ccc(/C=N/O)cc3)C(C)C)C2=O)cs1. The predicted octanol–water partition coefficient (Wildman–Crippen LogP) is 1.75. The molecule has 5 N–H and O–H groups in total. The van der Waals surface area contributed by atoms with Crippen LogP contribution in [0.15, 0.2) is 70.0 Å². The number of ether oxygens (including phenoxy) is 1. The van der Waals surface area contributed by atoms with Crippen LogP contribution in [0, 0.1) is 5.92 Å². The number of thiazole rings is 1. The van der Waals surface area contributed by atoms with E-state index in [0.29, 0.717) is 30.0 Å². The fraction of sp³-hybridized carbons (Fsp3) is 0.419. The molecule has 2 atom stereocenters. The average molecular weight is 689 g/mol. The van der Waals surface area contributed by atoms with Gasteiger partial charge in [0.1, 0.15) is 11.0 Å². The smallest absolute Gasteiger partial charge is 0.321 e. The molecule has 0 unspecified atom stereocenters. The lowest BCUT2D eigenvalue weighted by Crippen LogP contribution is -2.62. The first kappa shape index (κ1) is 35.9. The number of nitrogens with zero attached hydrogens (tertiary/aromatic N) is 4. The van der Waals surface area contributed by atoms with Gasteiger partial charge in [-0.2, -0.15) is 0 Å². The summed E-state index contributed by atoms with van der Waals surface area (Å²) in [6, 6.07) is 11.5. The summed E-state index contributed by atoms with van der Waals surface area (Å²) in [4.78, 5) is 34.8. The van der Waals surface area contributed by atoms with Gasteiger partial charge in [-0.05, 0) is 35.6 Å². The molecule has 0 radical (unpaired) electrons. The Hall–Kier alpha value is -3.93. The zero-order valence-corrected chi connectivity index (χ0v) is 27.9. The van der Waals surface area contributed by atoms with E-state index in [9.17, 15) is 28.2 Å². The van der Waals surface area contributed by atoms with Crippen molar-refractivity contribution in [3.05, 3.63) is 81.8 Å². The number of hydrogen-bond donors (Lipinski definition) is 5. The summed E-state index contributed by atoms with van der Waals surface area (Å²) >= 11 is 1.44. The number of amides is 3. The first-order chi connectivity index (χ1) is 22.3. The van der Waals surface area contributed by atoms with Crippen LogP contribution in [-0.2, 0) is 39.1 Å². The summed E-state index contributed by atoms with van der Waals surface area (Å²) < 4.78 is 33.3. The third-order valence-corrected chi connectivity index (χ3v) is 9.95. The Balaban J connectivity index is 1.50. The molecule has 0 bridgehead atoms. The second kappa shape index (κ2) is 15.8. The highest BCUT2D eigenvalue weighted by atomic mass is 32.2. The van der Waals surface area contributed by atoms with Gasteiger partial charge in [0, 0.05) is 25.6 Å². The van der Waals surface area contributed by atoms with Gasteiger partial charge in [0.25, 0.3) is 0 Å². The van der Waals surface area contributed by atoms with Crippen LogP contribution < -0.4 is 10.0 Å². The number of nitrogens with one attached hydrogen (secondary N) is 2. The summed E-state index contributed by atoms with van der Waals surface area (Å²) in [6.07, 6.45) is 1.08. The quantitative estimate of drug-likeness (QED) is 0.0645. The van der Waals surface area contributed by atoms with Gasteiger partial charge in [-0.3, -0.25) is 4.79 Å². The molecule has 1 fully saturated rings. The number of aromatic nitrogens is 1. The maximum absolute atomic E-state index is 13.9. The largest absolute Gasteiger partial charge is 0.411 e. The van der Waals surface area contributed by atoms with Crippen molar-refractivity contribution >= 4 is 39.5 Å². The lowest BCUT2D eigenvalue weighted by molar-refractivity contribution is -0.180. The van der Waals surface area contributed by atoms with Crippen molar-refractivity contribution < 1.29 is 38.2 Å². The summed E-state index contributed by atoms with van der Waals surface area (Å²) in [6.45, 7) is 4.03. The highest BCUT2D eigenvalue weighted by Crippen LogP contribution is 2.23. The molecule has 0 saturated carbocycles. The Morgan fingerprint density at radius 2 is 1.85 bits per heavy atom. The molecule has 1 aromatic heterocycles. The van der Waals surface area contributed by atoms with Crippen molar-refractivity contribution in [2.45, 2.75) is 56.2 Å².